The van der Waals surface area contributed by atoms with Gasteiger partial charge in [-0.2, -0.15) is 0 Å². The Morgan fingerprint density at radius 2 is 1.61 bits per heavy atom. The van der Waals surface area contributed by atoms with Crippen LogP contribution in [0.5, 0.6) is 0 Å². The van der Waals surface area contributed by atoms with Crippen LogP contribution in [-0.2, 0) is 26.0 Å². The monoisotopic (exact) mass is 519 g/mol. The van der Waals surface area contributed by atoms with E-state index < -0.39 is 27.4 Å². The number of hydrogen-bond donors (Lipinski definition) is 1. The Labute approximate surface area is 214 Å². The standard InChI is InChI=1S/C27H38FN3O4S/c1-6-23(26(33)29-27(2,3)4)30(20-18-21-13-8-7-9-14-21)25(32)17-12-19-31(36(5,34)35)24-16-11-10-15-22(24)28/h7-11,13-16,23H,6,12,17-20H2,1-5H3,(H,29,33)/t23-/m1/s1. The van der Waals surface area contributed by atoms with Gasteiger partial charge in [-0.1, -0.05) is 49.4 Å². The van der Waals surface area contributed by atoms with Crippen LogP contribution >= 0.6 is 0 Å². The number of halogens is 1. The maximum Gasteiger partial charge on any atom is 0.243 e. The van der Waals surface area contributed by atoms with Crippen molar-refractivity contribution in [2.45, 2.75) is 65.0 Å². The minimum Gasteiger partial charge on any atom is -0.350 e. The summed E-state index contributed by atoms with van der Waals surface area (Å²) in [5.41, 5.74) is 0.544. The lowest BCUT2D eigenvalue weighted by Gasteiger charge is -2.33. The second-order valence-corrected chi connectivity index (χ2v) is 11.8. The summed E-state index contributed by atoms with van der Waals surface area (Å²) in [6, 6.07) is 14.7. The molecule has 0 unspecified atom stereocenters. The van der Waals surface area contributed by atoms with Crippen molar-refractivity contribution in [2.75, 3.05) is 23.7 Å². The van der Waals surface area contributed by atoms with Gasteiger partial charge in [-0.15, -0.1) is 0 Å². The number of carbonyl (C=O) groups excluding carboxylic acids is 2. The maximum atomic E-state index is 14.3. The number of sulfonamides is 1. The second kappa shape index (κ2) is 12.9. The summed E-state index contributed by atoms with van der Waals surface area (Å²) >= 11 is 0. The van der Waals surface area contributed by atoms with E-state index in [0.29, 0.717) is 19.4 Å². The summed E-state index contributed by atoms with van der Waals surface area (Å²) in [4.78, 5) is 28.0. The average molecular weight is 520 g/mol. The molecule has 2 aromatic rings. The van der Waals surface area contributed by atoms with E-state index in [1.807, 2.05) is 58.0 Å². The second-order valence-electron chi connectivity index (χ2n) is 9.88. The van der Waals surface area contributed by atoms with Gasteiger partial charge in [-0.05, 0) is 57.7 Å². The van der Waals surface area contributed by atoms with Crippen molar-refractivity contribution in [1.29, 1.82) is 0 Å². The quantitative estimate of drug-likeness (QED) is 0.457. The third kappa shape index (κ3) is 8.93. The van der Waals surface area contributed by atoms with Gasteiger partial charge < -0.3 is 10.2 Å². The number of nitrogens with zero attached hydrogens (tertiary/aromatic N) is 2. The number of rotatable bonds is 12. The highest BCUT2D eigenvalue weighted by atomic mass is 32.2. The highest BCUT2D eigenvalue weighted by Crippen LogP contribution is 2.22. The van der Waals surface area contributed by atoms with Crippen molar-refractivity contribution in [2.24, 2.45) is 0 Å². The van der Waals surface area contributed by atoms with Gasteiger partial charge in [0.15, 0.2) is 0 Å². The zero-order valence-corrected chi connectivity index (χ0v) is 22.6. The van der Waals surface area contributed by atoms with Crippen molar-refractivity contribution < 1.29 is 22.4 Å². The SMILES string of the molecule is CC[C@H](C(=O)NC(C)(C)C)N(CCc1ccccc1)C(=O)CCCN(c1ccccc1F)S(C)(=O)=O. The van der Waals surface area contributed by atoms with Gasteiger partial charge in [0.25, 0.3) is 0 Å². The molecule has 0 saturated heterocycles. The molecule has 0 saturated carbocycles. The zero-order valence-electron chi connectivity index (χ0n) is 21.8. The van der Waals surface area contributed by atoms with E-state index in [0.717, 1.165) is 16.1 Å². The predicted molar refractivity (Wildman–Crippen MR) is 142 cm³/mol. The van der Waals surface area contributed by atoms with E-state index in [2.05, 4.69) is 5.32 Å². The van der Waals surface area contributed by atoms with E-state index in [-0.39, 0.29) is 36.9 Å². The molecular weight excluding hydrogens is 481 g/mol. The third-order valence-electron chi connectivity index (χ3n) is 5.64. The minimum atomic E-state index is -3.76. The van der Waals surface area contributed by atoms with Gasteiger partial charge in [-0.25, -0.2) is 12.8 Å². The van der Waals surface area contributed by atoms with Gasteiger partial charge in [0, 0.05) is 25.0 Å². The topological polar surface area (TPSA) is 86.8 Å². The molecule has 36 heavy (non-hydrogen) atoms. The molecule has 0 aliphatic carbocycles. The lowest BCUT2D eigenvalue weighted by atomic mass is 10.0. The molecule has 0 fully saturated rings. The molecule has 0 aliphatic rings. The van der Waals surface area contributed by atoms with Crippen molar-refractivity contribution in [3.63, 3.8) is 0 Å². The summed E-state index contributed by atoms with van der Waals surface area (Å²) < 4.78 is 40.0. The predicted octanol–water partition coefficient (Wildman–Crippen LogP) is 4.14. The lowest BCUT2D eigenvalue weighted by molar-refractivity contribution is -0.141. The van der Waals surface area contributed by atoms with Crippen LogP contribution < -0.4 is 9.62 Å². The van der Waals surface area contributed by atoms with Gasteiger partial charge in [0.2, 0.25) is 21.8 Å². The van der Waals surface area contributed by atoms with Gasteiger partial charge in [-0.3, -0.25) is 13.9 Å². The van der Waals surface area contributed by atoms with E-state index in [1.54, 1.807) is 11.0 Å². The lowest BCUT2D eigenvalue weighted by Crippen LogP contribution is -2.54. The Morgan fingerprint density at radius 1 is 1.00 bits per heavy atom. The number of amides is 2. The fourth-order valence-corrected chi connectivity index (χ4v) is 4.95. The number of nitrogens with one attached hydrogen (secondary N) is 1. The first-order valence-corrected chi connectivity index (χ1v) is 14.1. The van der Waals surface area contributed by atoms with Gasteiger partial charge >= 0.3 is 0 Å². The zero-order chi connectivity index (χ0) is 26.9. The molecule has 9 heteroatoms. The first-order chi connectivity index (χ1) is 16.8. The molecule has 2 amide bonds. The molecule has 0 radical (unpaired) electrons. The molecule has 2 aromatic carbocycles. The molecule has 0 spiro atoms. The largest absolute Gasteiger partial charge is 0.350 e. The highest BCUT2D eigenvalue weighted by Gasteiger charge is 2.30. The van der Waals surface area contributed by atoms with Crippen LogP contribution in [0.25, 0.3) is 0 Å². The van der Waals surface area contributed by atoms with Crippen molar-refractivity contribution in [1.82, 2.24) is 10.2 Å². The Kier molecular flexibility index (Phi) is 10.5. The Hall–Kier alpha value is -2.94. The van der Waals surface area contributed by atoms with Gasteiger partial charge in [0.05, 0.1) is 11.9 Å². The third-order valence-corrected chi connectivity index (χ3v) is 6.82. The van der Waals surface area contributed by atoms with E-state index in [9.17, 15) is 22.4 Å². The van der Waals surface area contributed by atoms with Crippen LogP contribution in [0.1, 0.15) is 52.5 Å². The molecule has 0 bridgehead atoms. The number of anilines is 1. The molecule has 0 aliphatic heterocycles. The van der Waals surface area contributed by atoms with E-state index >= 15 is 0 Å². The van der Waals surface area contributed by atoms with Crippen LogP contribution in [0, 0.1) is 5.82 Å². The summed E-state index contributed by atoms with van der Waals surface area (Å²) in [5.74, 6) is -1.12. The van der Waals surface area contributed by atoms with E-state index in [4.69, 9.17) is 0 Å². The number of hydrogen-bond acceptors (Lipinski definition) is 4. The van der Waals surface area contributed by atoms with Crippen molar-refractivity contribution in [3.05, 3.63) is 66.0 Å². The Morgan fingerprint density at radius 3 is 2.17 bits per heavy atom. The Bertz CT molecular complexity index is 1120. The first-order valence-electron chi connectivity index (χ1n) is 12.2. The fourth-order valence-electron chi connectivity index (χ4n) is 3.99. The number of para-hydroxylation sites is 1. The maximum absolute atomic E-state index is 14.3. The molecule has 0 aromatic heterocycles. The summed E-state index contributed by atoms with van der Waals surface area (Å²) in [6.45, 7) is 7.81. The summed E-state index contributed by atoms with van der Waals surface area (Å²) in [7, 11) is -3.76. The average Bonchev–Trinajstić information content (AvgIpc) is 2.78. The van der Waals surface area contributed by atoms with Crippen molar-refractivity contribution >= 4 is 27.5 Å². The van der Waals surface area contributed by atoms with Crippen LogP contribution in [0.4, 0.5) is 10.1 Å². The van der Waals surface area contributed by atoms with Crippen LogP contribution in [0.3, 0.4) is 0 Å². The first kappa shape index (κ1) is 29.3. The van der Waals surface area contributed by atoms with E-state index in [1.165, 1.54) is 18.2 Å². The molecule has 198 valence electrons. The molecule has 7 nitrogen and oxygen atoms in total. The van der Waals surface area contributed by atoms with Crippen molar-refractivity contribution in [3.8, 4) is 0 Å². The summed E-state index contributed by atoms with van der Waals surface area (Å²) in [6.07, 6.45) is 2.23. The molecule has 1 N–H and O–H groups in total. The smallest absolute Gasteiger partial charge is 0.243 e. The summed E-state index contributed by atoms with van der Waals surface area (Å²) in [5, 5.41) is 2.96. The van der Waals surface area contributed by atoms with Gasteiger partial charge in [0.1, 0.15) is 11.9 Å². The Balaban J connectivity index is 2.19. The molecule has 0 heterocycles. The normalized spacial score (nSPS) is 12.6. The molecule has 2 rings (SSSR count). The van der Waals surface area contributed by atoms with Crippen LogP contribution in [0.2, 0.25) is 0 Å². The number of benzene rings is 2. The minimum absolute atomic E-state index is 0.0224. The van der Waals surface area contributed by atoms with Crippen LogP contribution in [0.15, 0.2) is 54.6 Å². The fraction of sp³-hybridized carbons (Fsp3) is 0.481. The molecular formula is C27H38FN3O4S. The van der Waals surface area contributed by atoms with Crippen LogP contribution in [-0.4, -0.2) is 56.1 Å². The number of carbonyl (C=O) groups is 2. The molecule has 1 atom stereocenters. The highest BCUT2D eigenvalue weighted by molar-refractivity contribution is 7.92.